The highest BCUT2D eigenvalue weighted by molar-refractivity contribution is 7.26. The zero-order valence-corrected chi connectivity index (χ0v) is 19.6. The molecule has 35 heavy (non-hydrogen) atoms. The summed E-state index contributed by atoms with van der Waals surface area (Å²) in [4.78, 5) is 0. The number of fused-ring (bicyclic) bond motifs is 7. The van der Waals surface area contributed by atoms with Gasteiger partial charge in [-0.25, -0.2) is 0 Å². The first-order valence-electron chi connectivity index (χ1n) is 11.6. The van der Waals surface area contributed by atoms with Crippen molar-refractivity contribution in [2.75, 3.05) is 0 Å². The van der Waals surface area contributed by atoms with Crippen molar-refractivity contribution < 1.29 is 9.68 Å². The molecule has 3 nitrogen and oxygen atoms in total. The van der Waals surface area contributed by atoms with Gasteiger partial charge >= 0.3 is 7.69 Å². The van der Waals surface area contributed by atoms with Gasteiger partial charge in [0.15, 0.2) is 0 Å². The molecule has 0 saturated carbocycles. The van der Waals surface area contributed by atoms with Crippen LogP contribution >= 0.6 is 11.3 Å². The third kappa shape index (κ3) is 3.17. The minimum absolute atomic E-state index is 0.337. The summed E-state index contributed by atoms with van der Waals surface area (Å²) in [5.74, 6) is 0.653. The van der Waals surface area contributed by atoms with Gasteiger partial charge in [-0.2, -0.15) is 0 Å². The Morgan fingerprint density at radius 1 is 0.657 bits per heavy atom. The molecular formula is C30H20BNO2S. The molecule has 0 spiro atoms. The molecule has 5 heteroatoms. The summed E-state index contributed by atoms with van der Waals surface area (Å²) in [6.45, 7) is 0. The van der Waals surface area contributed by atoms with Crippen molar-refractivity contribution in [3.63, 3.8) is 0 Å². The van der Waals surface area contributed by atoms with Crippen LogP contribution in [-0.4, -0.2) is 17.3 Å². The number of benzene rings is 5. The lowest BCUT2D eigenvalue weighted by Crippen LogP contribution is -1.99. The highest BCUT2D eigenvalue weighted by Crippen LogP contribution is 2.44. The maximum absolute atomic E-state index is 9.18. The monoisotopic (exact) mass is 469 g/mol. The molecule has 0 atom stereocenters. The quantitative estimate of drug-likeness (QED) is 0.272. The zero-order valence-electron chi connectivity index (χ0n) is 18.8. The van der Waals surface area contributed by atoms with Crippen LogP contribution in [0.25, 0.3) is 58.8 Å². The predicted octanol–water partition coefficient (Wildman–Crippen LogP) is 7.46. The van der Waals surface area contributed by atoms with Crippen LogP contribution in [0.3, 0.4) is 0 Å². The molecule has 7 rings (SSSR count). The fourth-order valence-electron chi connectivity index (χ4n) is 5.16. The molecule has 5 aromatic carbocycles. The summed E-state index contributed by atoms with van der Waals surface area (Å²) in [6, 6.07) is 38.3. The van der Waals surface area contributed by atoms with E-state index in [1.165, 1.54) is 42.0 Å². The van der Waals surface area contributed by atoms with Gasteiger partial charge in [-0.15, -0.1) is 11.3 Å². The Balaban J connectivity index is 1.58. The van der Waals surface area contributed by atoms with Gasteiger partial charge in [-0.1, -0.05) is 66.7 Å². The Morgan fingerprint density at radius 3 is 2.34 bits per heavy atom. The lowest BCUT2D eigenvalue weighted by atomic mass is 10.0. The first-order valence-corrected chi connectivity index (χ1v) is 12.4. The van der Waals surface area contributed by atoms with E-state index in [1.807, 2.05) is 29.5 Å². The van der Waals surface area contributed by atoms with Crippen LogP contribution < -0.4 is 4.65 Å². The highest BCUT2D eigenvalue weighted by Gasteiger charge is 2.18. The van der Waals surface area contributed by atoms with Crippen LogP contribution in [0.1, 0.15) is 0 Å². The zero-order chi connectivity index (χ0) is 23.4. The van der Waals surface area contributed by atoms with E-state index in [9.17, 15) is 5.02 Å². The molecule has 0 aliphatic rings. The van der Waals surface area contributed by atoms with Crippen LogP contribution in [-0.2, 0) is 0 Å². The minimum Gasteiger partial charge on any atom is -0.539 e. The van der Waals surface area contributed by atoms with E-state index in [0.717, 1.165) is 16.8 Å². The second-order valence-corrected chi connectivity index (χ2v) is 9.69. The summed E-state index contributed by atoms with van der Waals surface area (Å²) in [7, 11) is -0.337. The number of hydrogen-bond acceptors (Lipinski definition) is 3. The second-order valence-electron chi connectivity index (χ2n) is 8.64. The van der Waals surface area contributed by atoms with E-state index in [1.54, 1.807) is 0 Å². The molecule has 7 aromatic rings. The third-order valence-corrected chi connectivity index (χ3v) is 7.89. The molecule has 2 heterocycles. The number of thiophene rings is 1. The molecule has 1 N–H and O–H groups in total. The largest absolute Gasteiger partial charge is 0.539 e. The van der Waals surface area contributed by atoms with Crippen molar-refractivity contribution in [2.24, 2.45) is 0 Å². The lowest BCUT2D eigenvalue weighted by Gasteiger charge is -2.09. The number of rotatable bonds is 4. The summed E-state index contributed by atoms with van der Waals surface area (Å²) in [5.41, 5.74) is 5.67. The number of nitrogens with zero attached hydrogens (tertiary/aromatic N) is 1. The standard InChI is InChI=1S/C30H20BNO2S/c33-31-34-22-10-6-7-19(17-22)20-13-14-25-27(18-20)32(21-8-2-1-3-9-21)26-16-15-24-23-11-4-5-12-28(23)35-30(24)29(25)26/h1-18,31,33H. The van der Waals surface area contributed by atoms with E-state index in [4.69, 9.17) is 4.65 Å². The molecule has 0 fully saturated rings. The van der Waals surface area contributed by atoms with Gasteiger partial charge in [0.2, 0.25) is 0 Å². The second kappa shape index (κ2) is 8.02. The van der Waals surface area contributed by atoms with Gasteiger partial charge in [0.05, 0.1) is 11.0 Å². The van der Waals surface area contributed by atoms with Crippen LogP contribution in [0.15, 0.2) is 109 Å². The van der Waals surface area contributed by atoms with E-state index in [-0.39, 0.29) is 7.69 Å². The molecule has 2 aromatic heterocycles. The van der Waals surface area contributed by atoms with Crippen molar-refractivity contribution in [2.45, 2.75) is 0 Å². The molecule has 0 amide bonds. The van der Waals surface area contributed by atoms with Gasteiger partial charge in [0, 0.05) is 36.6 Å². The maximum Gasteiger partial charge on any atom is 0.504 e. The molecule has 0 radical (unpaired) electrons. The Hall–Kier alpha value is -4.06. The van der Waals surface area contributed by atoms with Crippen molar-refractivity contribution in [1.29, 1.82) is 0 Å². The molecule has 166 valence electrons. The van der Waals surface area contributed by atoms with E-state index in [0.29, 0.717) is 5.75 Å². The van der Waals surface area contributed by atoms with Crippen molar-refractivity contribution in [3.05, 3.63) is 109 Å². The van der Waals surface area contributed by atoms with Gasteiger partial charge in [-0.3, -0.25) is 0 Å². The minimum atomic E-state index is -0.337. The number of hydrogen-bond donors (Lipinski definition) is 1. The molecule has 0 saturated heterocycles. The van der Waals surface area contributed by atoms with Crippen molar-refractivity contribution in [3.8, 4) is 22.6 Å². The average molecular weight is 469 g/mol. The molecule has 0 aliphatic carbocycles. The number of aromatic nitrogens is 1. The maximum atomic E-state index is 9.18. The molecule has 0 aliphatic heterocycles. The van der Waals surface area contributed by atoms with Gasteiger partial charge in [0.25, 0.3) is 0 Å². The molecular weight excluding hydrogens is 449 g/mol. The predicted molar refractivity (Wildman–Crippen MR) is 149 cm³/mol. The fraction of sp³-hybridized carbons (Fsp3) is 0. The van der Waals surface area contributed by atoms with Crippen molar-refractivity contribution >= 4 is 61.0 Å². The lowest BCUT2D eigenvalue weighted by molar-refractivity contribution is 0.454. The van der Waals surface area contributed by atoms with E-state index in [2.05, 4.69) is 95.6 Å². The highest BCUT2D eigenvalue weighted by atomic mass is 32.1. The summed E-state index contributed by atoms with van der Waals surface area (Å²) >= 11 is 1.87. The van der Waals surface area contributed by atoms with Crippen LogP contribution in [0.5, 0.6) is 5.75 Å². The smallest absolute Gasteiger partial charge is 0.504 e. The van der Waals surface area contributed by atoms with Gasteiger partial charge < -0.3 is 14.2 Å². The normalized spacial score (nSPS) is 11.6. The Bertz CT molecular complexity index is 1870. The van der Waals surface area contributed by atoms with E-state index < -0.39 is 0 Å². The Labute approximate surface area is 206 Å². The van der Waals surface area contributed by atoms with Gasteiger partial charge in [0.1, 0.15) is 5.75 Å². The first-order chi connectivity index (χ1) is 17.3. The summed E-state index contributed by atoms with van der Waals surface area (Å²) in [5, 5.41) is 14.3. The third-order valence-electron chi connectivity index (χ3n) is 6.69. The average Bonchev–Trinajstić information content (AvgIpc) is 3.45. The van der Waals surface area contributed by atoms with Crippen LogP contribution in [0.4, 0.5) is 0 Å². The fourth-order valence-corrected chi connectivity index (χ4v) is 6.42. The Kier molecular flexibility index (Phi) is 4.66. The van der Waals surface area contributed by atoms with Gasteiger partial charge in [-0.05, 0) is 53.6 Å². The van der Waals surface area contributed by atoms with Crippen LogP contribution in [0.2, 0.25) is 0 Å². The summed E-state index contributed by atoms with van der Waals surface area (Å²) in [6.07, 6.45) is 0. The van der Waals surface area contributed by atoms with Crippen molar-refractivity contribution in [1.82, 2.24) is 4.57 Å². The van der Waals surface area contributed by atoms with E-state index >= 15 is 0 Å². The topological polar surface area (TPSA) is 34.4 Å². The summed E-state index contributed by atoms with van der Waals surface area (Å²) < 4.78 is 10.3. The SMILES string of the molecule is OBOc1cccc(-c2ccc3c4c5sc6ccccc6c5ccc4n(-c4ccccc4)c3c2)c1. The first kappa shape index (κ1) is 20.3. The van der Waals surface area contributed by atoms with Crippen LogP contribution in [0, 0.1) is 0 Å². The Morgan fingerprint density at radius 2 is 1.46 bits per heavy atom. The molecule has 0 bridgehead atoms. The molecule has 0 unspecified atom stereocenters. The number of para-hydroxylation sites is 1.